The molecular weight excluding hydrogens is 443 g/mol. The largest absolute Gasteiger partial charge is 0.489 e. The highest BCUT2D eigenvalue weighted by Crippen LogP contribution is 2.27. The first kappa shape index (κ1) is 26.6. The fourth-order valence-corrected chi connectivity index (χ4v) is 2.97. The minimum Gasteiger partial charge on any atom is -0.489 e. The number of aromatic nitrogens is 2. The molecule has 11 heteroatoms. The summed E-state index contributed by atoms with van der Waals surface area (Å²) in [5.74, 6) is -0.453. The van der Waals surface area contributed by atoms with Crippen LogP contribution < -0.4 is 26.0 Å². The summed E-state index contributed by atoms with van der Waals surface area (Å²) in [6.07, 6.45) is -0.504. The Morgan fingerprint density at radius 3 is 2.44 bits per heavy atom. The zero-order valence-electron chi connectivity index (χ0n) is 20.7. The monoisotopic (exact) mass is 476 g/mol. The average Bonchev–Trinajstić information content (AvgIpc) is 2.70. The van der Waals surface area contributed by atoms with E-state index < -0.39 is 29.5 Å². The summed E-state index contributed by atoms with van der Waals surface area (Å²) in [7, 11) is 3.61. The van der Waals surface area contributed by atoms with Gasteiger partial charge in [-0.05, 0) is 40.2 Å². The highest BCUT2D eigenvalue weighted by molar-refractivity contribution is 5.96. The molecule has 1 aromatic heterocycles. The molecule has 1 heterocycles. The van der Waals surface area contributed by atoms with E-state index in [2.05, 4.69) is 20.6 Å². The normalized spacial score (nSPS) is 12.0. The van der Waals surface area contributed by atoms with Crippen LogP contribution in [0.3, 0.4) is 0 Å². The first-order valence-corrected chi connectivity index (χ1v) is 10.9. The smallest absolute Gasteiger partial charge is 0.407 e. The van der Waals surface area contributed by atoms with Gasteiger partial charge in [0.25, 0.3) is 5.91 Å². The van der Waals surface area contributed by atoms with Gasteiger partial charge in [0.05, 0.1) is 12.2 Å². The van der Waals surface area contributed by atoms with Crippen LogP contribution in [0.2, 0.25) is 0 Å². The lowest BCUT2D eigenvalue weighted by atomic mass is 10.2. The van der Waals surface area contributed by atoms with E-state index in [4.69, 9.17) is 15.2 Å². The number of halogens is 1. The minimum absolute atomic E-state index is 0.0518. The molecule has 0 unspecified atom stereocenters. The number of carbonyl (C=O) groups is 2. The molecule has 1 aromatic carbocycles. The summed E-state index contributed by atoms with van der Waals surface area (Å²) in [5, 5.41) is 5.53. The molecule has 2 amide bonds. The lowest BCUT2D eigenvalue weighted by Crippen LogP contribution is -2.37. The number of anilines is 3. The Hall–Kier alpha value is -3.63. The zero-order valence-corrected chi connectivity index (χ0v) is 20.7. The third-order valence-electron chi connectivity index (χ3n) is 4.34. The number of hydrogen-bond donors (Lipinski definition) is 3. The quantitative estimate of drug-likeness (QED) is 0.502. The van der Waals surface area contributed by atoms with Crippen LogP contribution >= 0.6 is 0 Å². The van der Waals surface area contributed by atoms with Crippen molar-refractivity contribution < 1.29 is 23.5 Å². The van der Waals surface area contributed by atoms with Crippen molar-refractivity contribution in [3.05, 3.63) is 35.4 Å². The van der Waals surface area contributed by atoms with Crippen molar-refractivity contribution in [2.45, 2.75) is 52.7 Å². The molecule has 186 valence electrons. The number of hydrogen-bond acceptors (Lipinski definition) is 8. The molecule has 0 aliphatic heterocycles. The first-order valence-electron chi connectivity index (χ1n) is 10.9. The highest BCUT2D eigenvalue weighted by Gasteiger charge is 2.19. The van der Waals surface area contributed by atoms with Gasteiger partial charge in [0.15, 0.2) is 17.3 Å². The second kappa shape index (κ2) is 11.0. The van der Waals surface area contributed by atoms with Crippen LogP contribution in [0, 0.1) is 5.82 Å². The van der Waals surface area contributed by atoms with Crippen molar-refractivity contribution in [1.29, 1.82) is 0 Å². The summed E-state index contributed by atoms with van der Waals surface area (Å²) < 4.78 is 25.3. The molecule has 34 heavy (non-hydrogen) atoms. The Labute approximate surface area is 199 Å². The van der Waals surface area contributed by atoms with Gasteiger partial charge in [-0.2, -0.15) is 0 Å². The number of carbonyl (C=O) groups excluding carboxylic acids is 2. The van der Waals surface area contributed by atoms with Crippen molar-refractivity contribution in [2.24, 2.45) is 5.73 Å². The molecule has 0 saturated heterocycles. The average molecular weight is 477 g/mol. The van der Waals surface area contributed by atoms with Gasteiger partial charge in [-0.3, -0.25) is 4.79 Å². The van der Waals surface area contributed by atoms with Crippen LogP contribution in [-0.2, 0) is 11.2 Å². The molecule has 0 radical (unpaired) electrons. The van der Waals surface area contributed by atoms with Crippen LogP contribution in [-0.4, -0.2) is 54.3 Å². The minimum atomic E-state index is -0.760. The van der Waals surface area contributed by atoms with Gasteiger partial charge in [-0.25, -0.2) is 19.2 Å². The third-order valence-corrected chi connectivity index (χ3v) is 4.34. The lowest BCUT2D eigenvalue weighted by Gasteiger charge is -2.21. The van der Waals surface area contributed by atoms with Gasteiger partial charge >= 0.3 is 6.09 Å². The maximum Gasteiger partial charge on any atom is 0.407 e. The van der Waals surface area contributed by atoms with Crippen molar-refractivity contribution in [3.8, 4) is 5.75 Å². The molecule has 2 aromatic rings. The summed E-state index contributed by atoms with van der Waals surface area (Å²) in [4.78, 5) is 34.4. The van der Waals surface area contributed by atoms with Crippen molar-refractivity contribution in [2.75, 3.05) is 30.9 Å². The van der Waals surface area contributed by atoms with E-state index in [0.29, 0.717) is 17.9 Å². The highest BCUT2D eigenvalue weighted by atomic mass is 19.1. The molecule has 0 aliphatic carbocycles. The third kappa shape index (κ3) is 7.75. The second-order valence-corrected chi connectivity index (χ2v) is 8.92. The lowest BCUT2D eigenvalue weighted by molar-refractivity contribution is 0.0504. The number of aryl methyl sites for hydroxylation is 1. The molecular formula is C23H33FN6O4. The summed E-state index contributed by atoms with van der Waals surface area (Å²) in [6, 6.07) is 3.98. The van der Waals surface area contributed by atoms with Crippen LogP contribution in [0.25, 0.3) is 0 Å². The number of nitrogens with zero attached hydrogens (tertiary/aromatic N) is 3. The maximum atomic E-state index is 14.3. The van der Waals surface area contributed by atoms with Gasteiger partial charge in [0, 0.05) is 31.9 Å². The van der Waals surface area contributed by atoms with E-state index in [1.165, 1.54) is 12.1 Å². The van der Waals surface area contributed by atoms with Gasteiger partial charge in [0.2, 0.25) is 0 Å². The van der Waals surface area contributed by atoms with Crippen LogP contribution in [0.15, 0.2) is 18.2 Å². The van der Waals surface area contributed by atoms with Crippen LogP contribution in [0.5, 0.6) is 5.75 Å². The maximum absolute atomic E-state index is 14.3. The summed E-state index contributed by atoms with van der Waals surface area (Å²) >= 11 is 0. The number of nitrogens with two attached hydrogens (primary N) is 1. The number of benzene rings is 1. The van der Waals surface area contributed by atoms with Gasteiger partial charge in [-0.1, -0.05) is 6.92 Å². The second-order valence-electron chi connectivity index (χ2n) is 8.92. The Morgan fingerprint density at radius 1 is 1.21 bits per heavy atom. The van der Waals surface area contributed by atoms with E-state index in [0.717, 1.165) is 0 Å². The van der Waals surface area contributed by atoms with E-state index in [-0.39, 0.29) is 29.5 Å². The van der Waals surface area contributed by atoms with Crippen LogP contribution in [0.1, 0.15) is 50.8 Å². The predicted molar refractivity (Wildman–Crippen MR) is 128 cm³/mol. The molecule has 4 N–H and O–H groups in total. The Morgan fingerprint density at radius 2 is 1.88 bits per heavy atom. The number of alkyl carbamates (subject to hydrolysis) is 1. The summed E-state index contributed by atoms with van der Waals surface area (Å²) in [5.41, 5.74) is 5.73. The van der Waals surface area contributed by atoms with Crippen LogP contribution in [0.4, 0.5) is 26.5 Å². The van der Waals surface area contributed by atoms with Crippen molar-refractivity contribution >= 4 is 29.3 Å². The zero-order chi connectivity index (χ0) is 25.6. The number of ether oxygens (including phenoxy) is 2. The fourth-order valence-electron chi connectivity index (χ4n) is 2.97. The van der Waals surface area contributed by atoms with E-state index in [9.17, 15) is 14.0 Å². The Balaban J connectivity index is 2.21. The Bertz CT molecular complexity index is 1040. The number of nitrogens with one attached hydrogen (secondary N) is 2. The summed E-state index contributed by atoms with van der Waals surface area (Å²) in [6.45, 7) is 9.05. The molecule has 1 atom stereocenters. The number of rotatable bonds is 9. The standard InChI is InChI=1S/C23H33FN6O4/c1-8-17-21(30(6)7)29-20(18(28-17)19(25)31)27-15-9-14(24)10-16(11-15)33-13(2)12-26-22(32)34-23(3,4)5/h9-11,13H,8,12H2,1-7H3,(H2,25,31)(H,26,32)(H,27,29)/t13-/m1/s1. The Kier molecular flexibility index (Phi) is 8.61. The molecule has 0 spiro atoms. The van der Waals surface area contributed by atoms with Gasteiger partial charge in [-0.15, -0.1) is 0 Å². The van der Waals surface area contributed by atoms with E-state index >= 15 is 0 Å². The molecule has 10 nitrogen and oxygen atoms in total. The SMILES string of the molecule is CCc1nc(C(N)=O)c(Nc2cc(F)cc(O[C@H](C)CNC(=O)OC(C)(C)C)c2)nc1N(C)C. The number of primary amides is 1. The van der Waals surface area contributed by atoms with Gasteiger partial charge < -0.3 is 30.7 Å². The van der Waals surface area contributed by atoms with Gasteiger partial charge in [0.1, 0.15) is 23.3 Å². The molecule has 0 saturated carbocycles. The van der Waals surface area contributed by atoms with Crippen molar-refractivity contribution in [3.63, 3.8) is 0 Å². The number of amides is 2. The predicted octanol–water partition coefficient (Wildman–Crippen LogP) is 3.38. The molecule has 0 fully saturated rings. The van der Waals surface area contributed by atoms with E-state index in [1.807, 2.05) is 6.92 Å². The topological polar surface area (TPSA) is 132 Å². The molecule has 0 aliphatic rings. The fraction of sp³-hybridized carbons (Fsp3) is 0.478. The molecule has 0 bridgehead atoms. The van der Waals surface area contributed by atoms with E-state index in [1.54, 1.807) is 52.8 Å². The molecule has 2 rings (SSSR count). The van der Waals surface area contributed by atoms with Crippen molar-refractivity contribution in [1.82, 2.24) is 15.3 Å². The first-order chi connectivity index (χ1) is 15.8.